The van der Waals surface area contributed by atoms with Gasteiger partial charge in [0.25, 0.3) is 5.56 Å². The topological polar surface area (TPSA) is 67.9 Å². The maximum atomic E-state index is 14.1. The monoisotopic (exact) mass is 491 g/mol. The zero-order valence-electron chi connectivity index (χ0n) is 14.4. The highest BCUT2D eigenvalue weighted by molar-refractivity contribution is 7.13. The molecule has 166 valence electrons. The van der Waals surface area contributed by atoms with Gasteiger partial charge in [-0.3, -0.25) is 9.78 Å². The van der Waals surface area contributed by atoms with E-state index in [1.165, 1.54) is 5.51 Å². The van der Waals surface area contributed by atoms with E-state index in [1.54, 1.807) is 0 Å². The highest BCUT2D eigenvalue weighted by Gasteiger charge is 2.62. The zero-order chi connectivity index (χ0) is 23.2. The van der Waals surface area contributed by atoms with Crippen molar-refractivity contribution in [2.45, 2.75) is 18.3 Å². The first kappa shape index (κ1) is 22.9. The predicted molar refractivity (Wildman–Crippen MR) is 92.4 cm³/mol. The van der Waals surface area contributed by atoms with Crippen LogP contribution in [0.5, 0.6) is 11.5 Å². The van der Waals surface area contributed by atoms with E-state index in [4.69, 9.17) is 16.3 Å². The number of aromatic amines is 1. The third kappa shape index (κ3) is 4.49. The van der Waals surface area contributed by atoms with Crippen molar-refractivity contribution in [2.75, 3.05) is 0 Å². The van der Waals surface area contributed by atoms with Gasteiger partial charge in [0.05, 0.1) is 21.0 Å². The van der Waals surface area contributed by atoms with E-state index in [1.807, 2.05) is 4.98 Å². The van der Waals surface area contributed by atoms with Crippen molar-refractivity contribution < 1.29 is 39.9 Å². The van der Waals surface area contributed by atoms with Crippen LogP contribution in [0, 0.1) is 0 Å². The molecule has 31 heavy (non-hydrogen) atoms. The van der Waals surface area contributed by atoms with E-state index < -0.39 is 57.4 Å². The molecule has 0 aliphatic carbocycles. The molecule has 2 heterocycles. The maximum Gasteiger partial charge on any atom is 0.459 e. The van der Waals surface area contributed by atoms with Crippen LogP contribution in [0.4, 0.5) is 35.1 Å². The van der Waals surface area contributed by atoms with Gasteiger partial charge in [0.2, 0.25) is 5.75 Å². The van der Waals surface area contributed by atoms with Crippen molar-refractivity contribution in [3.05, 3.63) is 56.5 Å². The summed E-state index contributed by atoms with van der Waals surface area (Å²) in [5.41, 5.74) is -3.97. The highest BCUT2D eigenvalue weighted by Crippen LogP contribution is 2.46. The van der Waals surface area contributed by atoms with Crippen molar-refractivity contribution in [2.24, 2.45) is 0 Å². The van der Waals surface area contributed by atoms with Gasteiger partial charge in [-0.15, -0.1) is 11.3 Å². The lowest BCUT2D eigenvalue weighted by Gasteiger charge is -2.21. The van der Waals surface area contributed by atoms with Crippen LogP contribution in [0.2, 0.25) is 5.02 Å². The van der Waals surface area contributed by atoms with Crippen LogP contribution in [-0.4, -0.2) is 21.1 Å². The van der Waals surface area contributed by atoms with E-state index >= 15 is 0 Å². The summed E-state index contributed by atoms with van der Waals surface area (Å²) in [5.74, 6) is -8.83. The Morgan fingerprint density at radius 1 is 1.06 bits per heavy atom. The minimum atomic E-state index is -6.19. The van der Waals surface area contributed by atoms with Gasteiger partial charge in [-0.2, -0.15) is 35.1 Å². The summed E-state index contributed by atoms with van der Waals surface area (Å²) in [6.07, 6.45) is -10.1. The fraction of sp³-hybridized carbons (Fsp3) is 0.188. The Morgan fingerprint density at radius 2 is 1.74 bits per heavy atom. The van der Waals surface area contributed by atoms with Crippen LogP contribution in [0.25, 0.3) is 10.7 Å². The third-order valence-electron chi connectivity index (χ3n) is 3.66. The summed E-state index contributed by atoms with van der Waals surface area (Å²) < 4.78 is 111. The van der Waals surface area contributed by atoms with Crippen molar-refractivity contribution >= 4 is 22.9 Å². The molecule has 3 aromatic rings. The molecule has 0 unspecified atom stereocenters. The Kier molecular flexibility index (Phi) is 5.73. The molecule has 0 amide bonds. The molecular weight excluding hydrogens is 486 g/mol. The van der Waals surface area contributed by atoms with Crippen LogP contribution in [-0.2, 0) is 12.1 Å². The SMILES string of the molecule is O=c1[nH]c(-c2cncs2)nc(C(F)(F)C(F)(F)F)c1Oc1ccc(Cl)c(C(F)(F)F)c1. The fourth-order valence-corrected chi connectivity index (χ4v) is 3.05. The molecule has 0 aliphatic heterocycles. The number of ether oxygens (including phenoxy) is 1. The average Bonchev–Trinajstić information content (AvgIpc) is 3.17. The van der Waals surface area contributed by atoms with Gasteiger partial charge in [-0.1, -0.05) is 11.6 Å². The molecule has 5 nitrogen and oxygen atoms in total. The number of halogens is 9. The van der Waals surface area contributed by atoms with Gasteiger partial charge in [-0.05, 0) is 18.2 Å². The Hall–Kier alpha value is -2.74. The minimum Gasteiger partial charge on any atom is -0.449 e. The number of nitrogens with zero attached hydrogens (tertiary/aromatic N) is 2. The number of benzene rings is 1. The summed E-state index contributed by atoms with van der Waals surface area (Å²) in [4.78, 5) is 21.0. The van der Waals surface area contributed by atoms with Crippen molar-refractivity contribution in [1.29, 1.82) is 0 Å². The third-order valence-corrected chi connectivity index (χ3v) is 4.77. The number of hydrogen-bond acceptors (Lipinski definition) is 5. The van der Waals surface area contributed by atoms with E-state index in [2.05, 4.69) is 9.97 Å². The number of aromatic nitrogens is 3. The van der Waals surface area contributed by atoms with Gasteiger partial charge >= 0.3 is 18.3 Å². The van der Waals surface area contributed by atoms with Gasteiger partial charge in [-0.25, -0.2) is 4.98 Å². The second-order valence-electron chi connectivity index (χ2n) is 5.77. The summed E-state index contributed by atoms with van der Waals surface area (Å²) in [7, 11) is 0. The molecule has 0 spiro atoms. The molecule has 2 aromatic heterocycles. The zero-order valence-corrected chi connectivity index (χ0v) is 16.0. The summed E-state index contributed by atoms with van der Waals surface area (Å²) in [6, 6.07) is 1.67. The first-order chi connectivity index (χ1) is 14.2. The molecule has 1 aromatic carbocycles. The molecule has 0 radical (unpaired) electrons. The molecule has 0 saturated heterocycles. The number of thiazole rings is 1. The highest BCUT2D eigenvalue weighted by atomic mass is 35.5. The molecule has 0 atom stereocenters. The molecule has 15 heteroatoms. The van der Waals surface area contributed by atoms with Crippen LogP contribution in [0.1, 0.15) is 11.3 Å². The summed E-state index contributed by atoms with van der Waals surface area (Å²) in [5, 5.41) is -0.784. The van der Waals surface area contributed by atoms with Gasteiger partial charge in [0.1, 0.15) is 5.75 Å². The molecule has 0 aliphatic rings. The van der Waals surface area contributed by atoms with Gasteiger partial charge < -0.3 is 9.72 Å². The fourth-order valence-electron chi connectivity index (χ4n) is 2.26. The maximum absolute atomic E-state index is 14.1. The Morgan fingerprint density at radius 3 is 2.29 bits per heavy atom. The van der Waals surface area contributed by atoms with Gasteiger partial charge in [0.15, 0.2) is 11.5 Å². The number of rotatable bonds is 4. The smallest absolute Gasteiger partial charge is 0.449 e. The Labute approximate surface area is 175 Å². The molecule has 3 rings (SSSR count). The van der Waals surface area contributed by atoms with Crippen LogP contribution < -0.4 is 10.3 Å². The van der Waals surface area contributed by atoms with E-state index in [0.717, 1.165) is 23.6 Å². The minimum absolute atomic E-state index is 0.0475. The average molecular weight is 492 g/mol. The van der Waals surface area contributed by atoms with Gasteiger partial charge in [0, 0.05) is 6.20 Å². The lowest BCUT2D eigenvalue weighted by atomic mass is 10.2. The predicted octanol–water partition coefficient (Wildman–Crippen LogP) is 6.01. The van der Waals surface area contributed by atoms with E-state index in [0.29, 0.717) is 6.07 Å². The summed E-state index contributed by atoms with van der Waals surface area (Å²) in [6.45, 7) is 0. The molecule has 0 fully saturated rings. The lowest BCUT2D eigenvalue weighted by molar-refractivity contribution is -0.291. The standard InChI is InChI=1S/C16H6ClF8N3O2S/c17-8-2-1-6(3-7(8)15(20,21)22)30-10-11(14(18,19)16(23,24)25)27-12(28-13(10)29)9-4-26-5-31-9/h1-5H,(H,27,28,29). The first-order valence-corrected chi connectivity index (χ1v) is 9.00. The van der Waals surface area contributed by atoms with E-state index in [-0.39, 0.29) is 10.9 Å². The van der Waals surface area contributed by atoms with Crippen molar-refractivity contribution in [3.63, 3.8) is 0 Å². The molecule has 0 bridgehead atoms. The Balaban J connectivity index is 2.20. The van der Waals surface area contributed by atoms with Crippen molar-refractivity contribution in [1.82, 2.24) is 15.0 Å². The van der Waals surface area contributed by atoms with Crippen LogP contribution in [0.3, 0.4) is 0 Å². The molecular formula is C16H6ClF8N3O2S. The number of alkyl halides is 8. The molecule has 1 N–H and O–H groups in total. The first-order valence-electron chi connectivity index (χ1n) is 7.74. The number of nitrogens with one attached hydrogen (secondary N) is 1. The Bertz CT molecular complexity index is 1160. The lowest BCUT2D eigenvalue weighted by Crippen LogP contribution is -2.36. The summed E-state index contributed by atoms with van der Waals surface area (Å²) >= 11 is 6.20. The van der Waals surface area contributed by atoms with Crippen LogP contribution >= 0.6 is 22.9 Å². The second-order valence-corrected chi connectivity index (χ2v) is 7.07. The van der Waals surface area contributed by atoms with Crippen LogP contribution in [0.15, 0.2) is 34.7 Å². The number of hydrogen-bond donors (Lipinski definition) is 1. The number of H-pyrrole nitrogens is 1. The van der Waals surface area contributed by atoms with E-state index in [9.17, 15) is 39.9 Å². The normalized spacial score (nSPS) is 12.8. The molecule has 0 saturated carbocycles. The largest absolute Gasteiger partial charge is 0.459 e. The quantitative estimate of drug-likeness (QED) is 0.454. The second kappa shape index (κ2) is 7.75. The van der Waals surface area contributed by atoms with Crippen molar-refractivity contribution in [3.8, 4) is 22.2 Å².